The first-order valence-corrected chi connectivity index (χ1v) is 8.71. The van der Waals surface area contributed by atoms with Gasteiger partial charge >= 0.3 is 0 Å². The van der Waals surface area contributed by atoms with Crippen molar-refractivity contribution in [2.75, 3.05) is 0 Å². The molecule has 2 heteroatoms. The molecule has 1 atom stereocenters. The van der Waals surface area contributed by atoms with Gasteiger partial charge in [-0.05, 0) is 24.1 Å². The van der Waals surface area contributed by atoms with Gasteiger partial charge in [-0.3, -0.25) is 0 Å². The van der Waals surface area contributed by atoms with Crippen molar-refractivity contribution in [2.45, 2.75) is 83.7 Å². The van der Waals surface area contributed by atoms with Crippen LogP contribution in [0.4, 0.5) is 0 Å². The van der Waals surface area contributed by atoms with Gasteiger partial charge in [0.25, 0.3) is 0 Å². The van der Waals surface area contributed by atoms with Gasteiger partial charge in [0.1, 0.15) is 5.75 Å². The van der Waals surface area contributed by atoms with E-state index in [2.05, 4.69) is 6.92 Å². The highest BCUT2D eigenvalue weighted by Gasteiger charge is 2.06. The normalized spacial score (nSPS) is 12.5. The molecule has 0 bridgehead atoms. The molecule has 0 saturated carbocycles. The Morgan fingerprint density at radius 2 is 1.24 bits per heavy atom. The number of aromatic hydroxyl groups is 1. The first-order valence-electron chi connectivity index (χ1n) is 8.71. The van der Waals surface area contributed by atoms with Crippen LogP contribution in [0.5, 0.6) is 5.75 Å². The van der Waals surface area contributed by atoms with Gasteiger partial charge in [0.05, 0.1) is 6.10 Å². The summed E-state index contributed by atoms with van der Waals surface area (Å²) in [5, 5.41) is 19.3. The molecule has 0 radical (unpaired) electrons. The van der Waals surface area contributed by atoms with Crippen molar-refractivity contribution in [1.82, 2.24) is 0 Å². The lowest BCUT2D eigenvalue weighted by molar-refractivity contribution is 0.163. The summed E-state index contributed by atoms with van der Waals surface area (Å²) in [6, 6.07) is 6.88. The summed E-state index contributed by atoms with van der Waals surface area (Å²) in [5.41, 5.74) is 0.906. The van der Waals surface area contributed by atoms with E-state index in [9.17, 15) is 10.2 Å². The maximum atomic E-state index is 10.1. The van der Waals surface area contributed by atoms with E-state index in [-0.39, 0.29) is 11.9 Å². The molecule has 2 N–H and O–H groups in total. The number of hydrogen-bond acceptors (Lipinski definition) is 2. The summed E-state index contributed by atoms with van der Waals surface area (Å²) in [6.45, 7) is 2.26. The number of aliphatic hydroxyl groups is 1. The van der Waals surface area contributed by atoms with E-state index in [0.29, 0.717) is 0 Å². The van der Waals surface area contributed by atoms with E-state index in [1.165, 1.54) is 57.8 Å². The average Bonchev–Trinajstić information content (AvgIpc) is 2.49. The third kappa shape index (κ3) is 8.77. The standard InChI is InChI=1S/C19H32O2/c1-2-3-4-5-6-7-8-9-10-11-12-19(21)17-13-15-18(20)16-14-17/h13-16,19-21H,2-12H2,1H3. The zero-order chi connectivity index (χ0) is 15.3. The lowest BCUT2D eigenvalue weighted by Gasteiger charge is -2.10. The van der Waals surface area contributed by atoms with Gasteiger partial charge in [-0.1, -0.05) is 83.3 Å². The van der Waals surface area contributed by atoms with Gasteiger partial charge in [-0.15, -0.1) is 0 Å². The quantitative estimate of drug-likeness (QED) is 0.482. The highest BCUT2D eigenvalue weighted by atomic mass is 16.3. The van der Waals surface area contributed by atoms with Crippen LogP contribution in [0.25, 0.3) is 0 Å². The van der Waals surface area contributed by atoms with Crippen LogP contribution >= 0.6 is 0 Å². The predicted molar refractivity (Wildman–Crippen MR) is 89.5 cm³/mol. The lowest BCUT2D eigenvalue weighted by Crippen LogP contribution is -1.96. The predicted octanol–water partition coefficient (Wildman–Crippen LogP) is 5.74. The summed E-state index contributed by atoms with van der Waals surface area (Å²) in [6.07, 6.45) is 13.6. The highest BCUT2D eigenvalue weighted by Crippen LogP contribution is 2.22. The molecule has 0 fully saturated rings. The Bertz CT molecular complexity index is 345. The largest absolute Gasteiger partial charge is 0.508 e. The molecule has 1 aromatic carbocycles. The average molecular weight is 292 g/mol. The maximum absolute atomic E-state index is 10.1. The number of phenolic OH excluding ortho intramolecular Hbond substituents is 1. The summed E-state index contributed by atoms with van der Waals surface area (Å²) in [7, 11) is 0. The molecular formula is C19H32O2. The number of phenols is 1. The Hall–Kier alpha value is -1.02. The van der Waals surface area contributed by atoms with Gasteiger partial charge in [-0.25, -0.2) is 0 Å². The topological polar surface area (TPSA) is 40.5 Å². The summed E-state index contributed by atoms with van der Waals surface area (Å²) < 4.78 is 0. The molecule has 21 heavy (non-hydrogen) atoms. The fourth-order valence-corrected chi connectivity index (χ4v) is 2.69. The fourth-order valence-electron chi connectivity index (χ4n) is 2.69. The minimum atomic E-state index is -0.389. The van der Waals surface area contributed by atoms with Crippen LogP contribution in [0.2, 0.25) is 0 Å². The molecule has 120 valence electrons. The molecule has 0 spiro atoms. The van der Waals surface area contributed by atoms with Crippen molar-refractivity contribution in [1.29, 1.82) is 0 Å². The molecule has 0 amide bonds. The summed E-state index contributed by atoms with van der Waals surface area (Å²) in [5.74, 6) is 0.255. The van der Waals surface area contributed by atoms with Crippen LogP contribution < -0.4 is 0 Å². The SMILES string of the molecule is CCCCCCCCCCCCC(O)c1ccc(O)cc1. The van der Waals surface area contributed by atoms with Crippen molar-refractivity contribution in [3.8, 4) is 5.75 Å². The van der Waals surface area contributed by atoms with Crippen molar-refractivity contribution >= 4 is 0 Å². The van der Waals surface area contributed by atoms with Crippen molar-refractivity contribution in [2.24, 2.45) is 0 Å². The minimum Gasteiger partial charge on any atom is -0.508 e. The molecule has 1 rings (SSSR count). The van der Waals surface area contributed by atoms with E-state index < -0.39 is 0 Å². The number of unbranched alkanes of at least 4 members (excludes halogenated alkanes) is 9. The Morgan fingerprint density at radius 1 is 0.762 bits per heavy atom. The van der Waals surface area contributed by atoms with Gasteiger partial charge in [0.15, 0.2) is 0 Å². The first kappa shape index (κ1) is 18.0. The van der Waals surface area contributed by atoms with E-state index in [4.69, 9.17) is 0 Å². The zero-order valence-corrected chi connectivity index (χ0v) is 13.6. The molecule has 0 aromatic heterocycles. The molecular weight excluding hydrogens is 260 g/mol. The third-order valence-electron chi connectivity index (χ3n) is 4.11. The summed E-state index contributed by atoms with van der Waals surface area (Å²) >= 11 is 0. The molecule has 0 aliphatic heterocycles. The van der Waals surface area contributed by atoms with Gasteiger partial charge in [0.2, 0.25) is 0 Å². The van der Waals surface area contributed by atoms with Crippen molar-refractivity contribution in [3.63, 3.8) is 0 Å². The summed E-state index contributed by atoms with van der Waals surface area (Å²) in [4.78, 5) is 0. The molecule has 0 aliphatic carbocycles. The first-order chi connectivity index (χ1) is 10.2. The molecule has 0 heterocycles. The van der Waals surface area contributed by atoms with Crippen LogP contribution in [0.3, 0.4) is 0 Å². The minimum absolute atomic E-state index is 0.255. The van der Waals surface area contributed by atoms with Crippen molar-refractivity contribution in [3.05, 3.63) is 29.8 Å². The van der Waals surface area contributed by atoms with E-state index in [1.54, 1.807) is 24.3 Å². The Kier molecular flexibility index (Phi) is 9.98. The zero-order valence-electron chi connectivity index (χ0n) is 13.6. The molecule has 0 aliphatic rings. The second-order valence-corrected chi connectivity index (χ2v) is 6.08. The monoisotopic (exact) mass is 292 g/mol. The number of rotatable bonds is 12. The van der Waals surface area contributed by atoms with Crippen LogP contribution in [-0.2, 0) is 0 Å². The molecule has 2 nitrogen and oxygen atoms in total. The molecule has 0 saturated heterocycles. The number of aliphatic hydroxyl groups excluding tert-OH is 1. The van der Waals surface area contributed by atoms with E-state index in [1.807, 2.05) is 0 Å². The van der Waals surface area contributed by atoms with Crippen LogP contribution in [0, 0.1) is 0 Å². The number of benzene rings is 1. The van der Waals surface area contributed by atoms with Crippen LogP contribution in [-0.4, -0.2) is 10.2 Å². The van der Waals surface area contributed by atoms with Crippen LogP contribution in [0.1, 0.15) is 89.2 Å². The van der Waals surface area contributed by atoms with Gasteiger partial charge in [0, 0.05) is 0 Å². The van der Waals surface area contributed by atoms with E-state index in [0.717, 1.165) is 18.4 Å². The smallest absolute Gasteiger partial charge is 0.115 e. The Balaban J connectivity index is 1.95. The van der Waals surface area contributed by atoms with Gasteiger partial charge in [-0.2, -0.15) is 0 Å². The van der Waals surface area contributed by atoms with Gasteiger partial charge < -0.3 is 10.2 Å². The second-order valence-electron chi connectivity index (χ2n) is 6.08. The van der Waals surface area contributed by atoms with Crippen LogP contribution in [0.15, 0.2) is 24.3 Å². The molecule has 1 unspecified atom stereocenters. The fraction of sp³-hybridized carbons (Fsp3) is 0.684. The third-order valence-corrected chi connectivity index (χ3v) is 4.11. The Morgan fingerprint density at radius 3 is 1.76 bits per heavy atom. The lowest BCUT2D eigenvalue weighted by atomic mass is 10.0. The highest BCUT2D eigenvalue weighted by molar-refractivity contribution is 5.27. The second kappa shape index (κ2) is 11.6. The maximum Gasteiger partial charge on any atom is 0.115 e. The number of hydrogen-bond donors (Lipinski definition) is 2. The van der Waals surface area contributed by atoms with Crippen molar-refractivity contribution < 1.29 is 10.2 Å². The van der Waals surface area contributed by atoms with E-state index >= 15 is 0 Å². The molecule has 1 aromatic rings. The Labute approximate surface area is 130 Å².